The second-order valence-electron chi connectivity index (χ2n) is 8.83. The molecule has 0 N–H and O–H groups in total. The van der Waals surface area contributed by atoms with Gasteiger partial charge in [0.05, 0.1) is 11.4 Å². The molecule has 0 bridgehead atoms. The molecule has 0 aliphatic carbocycles. The third-order valence-corrected chi connectivity index (χ3v) is 6.31. The van der Waals surface area contributed by atoms with Crippen LogP contribution in [0.15, 0.2) is 83.9 Å². The van der Waals surface area contributed by atoms with Crippen LogP contribution in [0, 0.1) is 0 Å². The second-order valence-corrected chi connectivity index (χ2v) is 8.83. The third kappa shape index (κ3) is 2.57. The topological polar surface area (TPSA) is 32.7 Å². The van der Waals surface area contributed by atoms with Gasteiger partial charge in [0, 0.05) is 16.5 Å². The van der Waals surface area contributed by atoms with Crippen molar-refractivity contribution in [2.75, 3.05) is 4.90 Å². The average Bonchev–Trinajstić information content (AvgIpc) is 3.01. The molecule has 5 rings (SSSR count). The summed E-state index contributed by atoms with van der Waals surface area (Å²) in [7, 11) is 0. The molecule has 3 aromatic carbocycles. The molecule has 144 valence electrons. The number of nitrogens with zero attached hydrogens (tertiary/aromatic N) is 2. The highest BCUT2D eigenvalue weighted by molar-refractivity contribution is 6.55. The lowest BCUT2D eigenvalue weighted by Crippen LogP contribution is -2.54. The summed E-state index contributed by atoms with van der Waals surface area (Å²) >= 11 is 0. The molecule has 3 aromatic rings. The van der Waals surface area contributed by atoms with E-state index in [-0.39, 0.29) is 16.9 Å². The molecule has 0 unspecified atom stereocenters. The molecule has 2 aliphatic rings. The lowest BCUT2D eigenvalue weighted by molar-refractivity contribution is -0.113. The first-order valence-corrected chi connectivity index (χ1v) is 10.1. The minimum atomic E-state index is -0.321. The van der Waals surface area contributed by atoms with E-state index in [9.17, 15) is 4.79 Å². The van der Waals surface area contributed by atoms with Crippen LogP contribution >= 0.6 is 0 Å². The first kappa shape index (κ1) is 17.9. The SMILES string of the molecule is CC1(C)C[C@@](C)(c2ccccc2)c2cccc3c2N1C(=O)C3=Nc1ccccc1. The molecule has 1 atom stereocenters. The van der Waals surface area contributed by atoms with E-state index in [1.165, 1.54) is 11.1 Å². The number of hydrogen-bond donors (Lipinski definition) is 0. The predicted molar refractivity (Wildman–Crippen MR) is 118 cm³/mol. The van der Waals surface area contributed by atoms with Crippen molar-refractivity contribution in [3.63, 3.8) is 0 Å². The van der Waals surface area contributed by atoms with Crippen LogP contribution in [-0.4, -0.2) is 17.2 Å². The minimum Gasteiger partial charge on any atom is -0.300 e. The van der Waals surface area contributed by atoms with Gasteiger partial charge in [0.15, 0.2) is 0 Å². The van der Waals surface area contributed by atoms with Crippen molar-refractivity contribution in [2.45, 2.75) is 38.1 Å². The number of hydrogen-bond acceptors (Lipinski definition) is 2. The first-order chi connectivity index (χ1) is 13.9. The van der Waals surface area contributed by atoms with Crippen LogP contribution in [0.2, 0.25) is 0 Å². The fourth-order valence-corrected chi connectivity index (χ4v) is 5.16. The van der Waals surface area contributed by atoms with E-state index in [2.05, 4.69) is 63.2 Å². The maximum absolute atomic E-state index is 13.5. The van der Waals surface area contributed by atoms with Gasteiger partial charge in [-0.1, -0.05) is 73.7 Å². The van der Waals surface area contributed by atoms with Crippen molar-refractivity contribution in [1.29, 1.82) is 0 Å². The summed E-state index contributed by atoms with van der Waals surface area (Å²) in [6.07, 6.45) is 0.852. The molecule has 29 heavy (non-hydrogen) atoms. The maximum atomic E-state index is 13.5. The Kier molecular flexibility index (Phi) is 3.79. The van der Waals surface area contributed by atoms with Gasteiger partial charge in [-0.2, -0.15) is 0 Å². The Hall–Kier alpha value is -3.20. The fraction of sp³-hybridized carbons (Fsp3) is 0.231. The van der Waals surface area contributed by atoms with Gasteiger partial charge < -0.3 is 4.90 Å². The molecule has 1 amide bonds. The van der Waals surface area contributed by atoms with Crippen LogP contribution in [0.3, 0.4) is 0 Å². The van der Waals surface area contributed by atoms with E-state index in [4.69, 9.17) is 4.99 Å². The van der Waals surface area contributed by atoms with Gasteiger partial charge >= 0.3 is 0 Å². The first-order valence-electron chi connectivity index (χ1n) is 10.1. The van der Waals surface area contributed by atoms with Crippen LogP contribution in [0.1, 0.15) is 43.9 Å². The van der Waals surface area contributed by atoms with Crippen molar-refractivity contribution < 1.29 is 4.79 Å². The summed E-state index contributed by atoms with van der Waals surface area (Å²) in [5.74, 6) is -0.00332. The molecule has 3 heteroatoms. The van der Waals surface area contributed by atoms with Crippen LogP contribution < -0.4 is 4.90 Å². The fourth-order valence-electron chi connectivity index (χ4n) is 5.16. The van der Waals surface area contributed by atoms with E-state index in [1.807, 2.05) is 41.3 Å². The van der Waals surface area contributed by atoms with Gasteiger partial charge in [0.25, 0.3) is 5.91 Å². The number of carbonyl (C=O) groups is 1. The molecule has 0 saturated carbocycles. The van der Waals surface area contributed by atoms with Crippen LogP contribution in [-0.2, 0) is 10.2 Å². The molecule has 3 nitrogen and oxygen atoms in total. The van der Waals surface area contributed by atoms with E-state index < -0.39 is 0 Å². The average molecular weight is 380 g/mol. The van der Waals surface area contributed by atoms with Gasteiger partial charge in [-0.25, -0.2) is 4.99 Å². The Morgan fingerprint density at radius 1 is 0.828 bits per heavy atom. The van der Waals surface area contributed by atoms with Gasteiger partial charge in [0.2, 0.25) is 0 Å². The highest BCUT2D eigenvalue weighted by atomic mass is 16.2. The summed E-state index contributed by atoms with van der Waals surface area (Å²) < 4.78 is 0. The highest BCUT2D eigenvalue weighted by Gasteiger charge is 2.52. The van der Waals surface area contributed by atoms with Crippen molar-refractivity contribution in [3.05, 3.63) is 95.6 Å². The zero-order chi connectivity index (χ0) is 20.2. The number of anilines is 1. The standard InChI is InChI=1S/C26H24N2O/c1-25(2)17-26(3,18-11-6-4-7-12-18)21-16-10-15-20-22(24(29)28(25)23(20)21)27-19-13-8-5-9-14-19/h4-16H,17H2,1-3H3/t26-/m0/s1. The smallest absolute Gasteiger partial charge is 0.278 e. The summed E-state index contributed by atoms with van der Waals surface area (Å²) in [5.41, 5.74) is 5.29. The molecule has 0 radical (unpaired) electrons. The lowest BCUT2D eigenvalue weighted by Gasteiger charge is -2.49. The zero-order valence-electron chi connectivity index (χ0n) is 17.0. The van der Waals surface area contributed by atoms with E-state index >= 15 is 0 Å². The van der Waals surface area contributed by atoms with E-state index in [0.717, 1.165) is 23.4 Å². The molecule has 2 aliphatic heterocycles. The molecular formula is C26H24N2O. The summed E-state index contributed by atoms with van der Waals surface area (Å²) in [6, 6.07) is 26.6. The van der Waals surface area contributed by atoms with Crippen LogP contribution in [0.25, 0.3) is 0 Å². The number of benzene rings is 3. The lowest BCUT2D eigenvalue weighted by atomic mass is 9.65. The minimum absolute atomic E-state index is 0.00332. The number of rotatable bonds is 2. The quantitative estimate of drug-likeness (QED) is 0.566. The van der Waals surface area contributed by atoms with E-state index in [1.54, 1.807) is 0 Å². The largest absolute Gasteiger partial charge is 0.300 e. The molecule has 0 saturated heterocycles. The Bertz CT molecular complexity index is 1130. The van der Waals surface area contributed by atoms with Gasteiger partial charge in [-0.05, 0) is 43.5 Å². The second kappa shape index (κ2) is 6.15. The summed E-state index contributed by atoms with van der Waals surface area (Å²) in [6.45, 7) is 6.63. The molecule has 0 fully saturated rings. The Morgan fingerprint density at radius 2 is 1.48 bits per heavy atom. The number of amides is 1. The van der Waals surface area contributed by atoms with Crippen molar-refractivity contribution in [3.8, 4) is 0 Å². The van der Waals surface area contributed by atoms with Crippen molar-refractivity contribution in [1.82, 2.24) is 0 Å². The van der Waals surface area contributed by atoms with Gasteiger partial charge in [-0.15, -0.1) is 0 Å². The number of carbonyl (C=O) groups excluding carboxylic acids is 1. The van der Waals surface area contributed by atoms with Crippen LogP contribution in [0.5, 0.6) is 0 Å². The highest BCUT2D eigenvalue weighted by Crippen LogP contribution is 2.53. The molecular weight excluding hydrogens is 356 g/mol. The Morgan fingerprint density at radius 3 is 2.17 bits per heavy atom. The van der Waals surface area contributed by atoms with Gasteiger partial charge in [0.1, 0.15) is 5.71 Å². The Balaban J connectivity index is 1.77. The zero-order valence-corrected chi connectivity index (χ0v) is 17.0. The van der Waals surface area contributed by atoms with Crippen molar-refractivity contribution >= 4 is 23.0 Å². The maximum Gasteiger partial charge on any atom is 0.278 e. The van der Waals surface area contributed by atoms with Crippen molar-refractivity contribution in [2.24, 2.45) is 4.99 Å². The molecule has 0 aromatic heterocycles. The number of para-hydroxylation sites is 2. The number of aliphatic imine (C=N–C) groups is 1. The monoisotopic (exact) mass is 380 g/mol. The third-order valence-electron chi connectivity index (χ3n) is 6.31. The van der Waals surface area contributed by atoms with E-state index in [0.29, 0.717) is 5.71 Å². The molecule has 0 spiro atoms. The normalized spacial score (nSPS) is 23.3. The predicted octanol–water partition coefficient (Wildman–Crippen LogP) is 5.64. The molecule has 2 heterocycles. The summed E-state index contributed by atoms with van der Waals surface area (Å²) in [4.78, 5) is 20.3. The van der Waals surface area contributed by atoms with Crippen LogP contribution in [0.4, 0.5) is 11.4 Å². The van der Waals surface area contributed by atoms with Gasteiger partial charge in [-0.3, -0.25) is 4.79 Å². The summed E-state index contributed by atoms with van der Waals surface area (Å²) in [5, 5.41) is 0. The Labute approximate surface area is 171 Å².